The molecule has 0 unspecified atom stereocenters. The van der Waals surface area contributed by atoms with Crippen molar-refractivity contribution in [2.45, 2.75) is 26.2 Å². The first-order valence-corrected chi connectivity index (χ1v) is 22.0. The second-order valence-corrected chi connectivity index (χ2v) is 17.7. The number of benzene rings is 8. The van der Waals surface area contributed by atoms with Gasteiger partial charge in [0.1, 0.15) is 24.0 Å². The Kier molecular flexibility index (Phi) is 8.70. The predicted octanol–water partition coefficient (Wildman–Crippen LogP) is 15.6. The molecule has 6 heteroatoms. The van der Waals surface area contributed by atoms with Crippen LogP contribution in [0.3, 0.4) is 0 Å². The highest BCUT2D eigenvalue weighted by Crippen LogP contribution is 2.52. The van der Waals surface area contributed by atoms with Gasteiger partial charge in [0, 0.05) is 57.3 Å². The molecular formula is C58H45N5O. The molecule has 0 saturated heterocycles. The van der Waals surface area contributed by atoms with Crippen molar-refractivity contribution in [3.05, 3.63) is 212 Å². The Morgan fingerprint density at radius 3 is 1.81 bits per heavy atom. The van der Waals surface area contributed by atoms with E-state index < -0.39 is 0 Å². The zero-order valence-electron chi connectivity index (χ0n) is 36.0. The topological polar surface area (TPSA) is 36.8 Å². The van der Waals surface area contributed by atoms with Crippen molar-refractivity contribution in [3.63, 3.8) is 0 Å². The van der Waals surface area contributed by atoms with Gasteiger partial charge in [0.25, 0.3) is 0 Å². The van der Waals surface area contributed by atoms with Crippen LogP contribution in [0.4, 0.5) is 39.9 Å². The molecule has 0 spiro atoms. The van der Waals surface area contributed by atoms with Crippen molar-refractivity contribution in [2.24, 2.45) is 0 Å². The number of hydrogen-bond acceptors (Lipinski definition) is 5. The van der Waals surface area contributed by atoms with Crippen LogP contribution in [-0.4, -0.2) is 16.2 Å². The van der Waals surface area contributed by atoms with E-state index in [9.17, 15) is 0 Å². The maximum absolute atomic E-state index is 6.86. The van der Waals surface area contributed by atoms with Gasteiger partial charge in [-0.15, -0.1) is 0 Å². The van der Waals surface area contributed by atoms with Gasteiger partial charge < -0.3 is 19.1 Å². The highest BCUT2D eigenvalue weighted by atomic mass is 16.5. The average molecular weight is 828 g/mol. The number of pyridine rings is 1. The Morgan fingerprint density at radius 1 is 0.438 bits per heavy atom. The standard InChI is InChI=1S/C58H45N5O/c1-58(2,3)39-32-33-59-57(34-39)63-52-25-12-9-22-47(52)45-20-7-8-21-46(45)49-30-29-44(37-56(49)63)64-43-19-15-18-41(35-43)60-38-61(55-27-14-13-26-54(55)60)42-28-31-53-50(36-42)48-23-10-11-24-51(48)62(53)40-16-5-4-6-17-40/h4-37H,38H2,1-3H3. The SMILES string of the molecule is CC(C)(C)c1ccnc(N2c3ccccc3-c3ccccc3-c3ccc(Oc4cccc(N5CN(c6ccc7c(c6)c6ccccc6n7-c6ccccc6)c6ccccc65)c4)cc32)c1. The third kappa shape index (κ3) is 6.21. The van der Waals surface area contributed by atoms with Crippen molar-refractivity contribution in [1.82, 2.24) is 9.55 Å². The summed E-state index contributed by atoms with van der Waals surface area (Å²) in [6.45, 7) is 7.39. The molecule has 0 bridgehead atoms. The summed E-state index contributed by atoms with van der Waals surface area (Å²) in [5.74, 6) is 2.37. The van der Waals surface area contributed by atoms with Gasteiger partial charge in [-0.2, -0.15) is 0 Å². The van der Waals surface area contributed by atoms with E-state index >= 15 is 0 Å². The summed E-state index contributed by atoms with van der Waals surface area (Å²) in [5, 5.41) is 2.47. The lowest BCUT2D eigenvalue weighted by Gasteiger charge is -2.28. The third-order valence-corrected chi connectivity index (χ3v) is 12.8. The molecule has 10 aromatic rings. The molecule has 2 aromatic heterocycles. The fraction of sp³-hybridized carbons (Fsp3) is 0.0862. The average Bonchev–Trinajstić information content (AvgIpc) is 3.85. The molecule has 12 rings (SSSR count). The lowest BCUT2D eigenvalue weighted by Crippen LogP contribution is -2.23. The van der Waals surface area contributed by atoms with Crippen LogP contribution in [-0.2, 0) is 5.41 Å². The van der Waals surface area contributed by atoms with Gasteiger partial charge in [-0.05, 0) is 113 Å². The molecule has 0 atom stereocenters. The van der Waals surface area contributed by atoms with E-state index in [4.69, 9.17) is 9.72 Å². The smallest absolute Gasteiger partial charge is 0.137 e. The number of anilines is 7. The van der Waals surface area contributed by atoms with Crippen LogP contribution >= 0.6 is 0 Å². The van der Waals surface area contributed by atoms with E-state index in [-0.39, 0.29) is 5.41 Å². The summed E-state index contributed by atoms with van der Waals surface area (Å²) < 4.78 is 9.23. The lowest BCUT2D eigenvalue weighted by molar-refractivity contribution is 0.483. The molecular weight excluding hydrogens is 783 g/mol. The summed E-state index contributed by atoms with van der Waals surface area (Å²) in [6.07, 6.45) is 1.93. The van der Waals surface area contributed by atoms with E-state index in [0.29, 0.717) is 6.67 Å². The lowest BCUT2D eigenvalue weighted by atomic mass is 9.87. The van der Waals surface area contributed by atoms with Crippen molar-refractivity contribution in [3.8, 4) is 39.4 Å². The second kappa shape index (κ2) is 14.8. The first-order chi connectivity index (χ1) is 31.4. The Hall–Kier alpha value is -8.09. The van der Waals surface area contributed by atoms with Gasteiger partial charge in [-0.25, -0.2) is 4.98 Å². The van der Waals surface area contributed by atoms with Crippen molar-refractivity contribution >= 4 is 61.7 Å². The highest BCUT2D eigenvalue weighted by Gasteiger charge is 2.30. The first-order valence-electron chi connectivity index (χ1n) is 22.0. The number of hydrogen-bond donors (Lipinski definition) is 0. The fourth-order valence-electron chi connectivity index (χ4n) is 9.71. The number of rotatable bonds is 6. The van der Waals surface area contributed by atoms with Gasteiger partial charge >= 0.3 is 0 Å². The van der Waals surface area contributed by atoms with E-state index in [1.54, 1.807) is 0 Å². The summed E-state index contributed by atoms with van der Waals surface area (Å²) in [4.78, 5) is 12.1. The molecule has 0 radical (unpaired) electrons. The van der Waals surface area contributed by atoms with Gasteiger partial charge in [-0.1, -0.05) is 118 Å². The van der Waals surface area contributed by atoms with E-state index in [2.05, 4.69) is 234 Å². The van der Waals surface area contributed by atoms with Crippen LogP contribution < -0.4 is 19.4 Å². The van der Waals surface area contributed by atoms with Gasteiger partial charge in [0.15, 0.2) is 0 Å². The quantitative estimate of drug-likeness (QED) is 0.167. The zero-order chi connectivity index (χ0) is 42.9. The van der Waals surface area contributed by atoms with Crippen molar-refractivity contribution < 1.29 is 4.74 Å². The Bertz CT molecular complexity index is 3420. The largest absolute Gasteiger partial charge is 0.457 e. The number of fused-ring (bicyclic) bond motifs is 9. The van der Waals surface area contributed by atoms with Crippen molar-refractivity contribution in [2.75, 3.05) is 21.4 Å². The summed E-state index contributed by atoms with van der Waals surface area (Å²) >= 11 is 0. The van der Waals surface area contributed by atoms with Crippen LogP contribution in [0.25, 0.3) is 49.7 Å². The molecule has 6 nitrogen and oxygen atoms in total. The van der Waals surface area contributed by atoms with Crippen LogP contribution in [0.15, 0.2) is 206 Å². The van der Waals surface area contributed by atoms with Crippen LogP contribution in [0.5, 0.6) is 11.5 Å². The first kappa shape index (κ1) is 37.7. The van der Waals surface area contributed by atoms with Crippen molar-refractivity contribution in [1.29, 1.82) is 0 Å². The molecule has 8 aromatic carbocycles. The minimum absolute atomic E-state index is 0.0461. The maximum atomic E-state index is 6.86. The minimum atomic E-state index is -0.0461. The normalized spacial score (nSPS) is 13.1. The molecule has 64 heavy (non-hydrogen) atoms. The molecule has 308 valence electrons. The molecule has 0 amide bonds. The minimum Gasteiger partial charge on any atom is -0.457 e. The van der Waals surface area contributed by atoms with Gasteiger partial charge in [0.05, 0.1) is 33.8 Å². The molecule has 0 fully saturated rings. The Labute approximate surface area is 373 Å². The second-order valence-electron chi connectivity index (χ2n) is 17.7. The number of nitrogens with zero attached hydrogens (tertiary/aromatic N) is 5. The summed E-state index contributed by atoms with van der Waals surface area (Å²) in [5.41, 5.74) is 16.0. The monoisotopic (exact) mass is 827 g/mol. The van der Waals surface area contributed by atoms with Crippen LogP contribution in [0, 0.1) is 0 Å². The van der Waals surface area contributed by atoms with E-state index in [1.807, 2.05) is 12.3 Å². The van der Waals surface area contributed by atoms with Gasteiger partial charge in [0.2, 0.25) is 0 Å². The molecule has 4 heterocycles. The fourth-order valence-corrected chi connectivity index (χ4v) is 9.71. The molecule has 2 aliphatic rings. The predicted molar refractivity (Wildman–Crippen MR) is 265 cm³/mol. The van der Waals surface area contributed by atoms with Crippen LogP contribution in [0.2, 0.25) is 0 Å². The molecule has 0 aliphatic carbocycles. The molecule has 0 N–H and O–H groups in total. The summed E-state index contributed by atoms with van der Waals surface area (Å²) in [7, 11) is 0. The summed E-state index contributed by atoms with van der Waals surface area (Å²) in [6, 6.07) is 71.5. The van der Waals surface area contributed by atoms with Gasteiger partial charge in [-0.3, -0.25) is 4.90 Å². The Morgan fingerprint density at radius 2 is 1.05 bits per heavy atom. The Balaban J connectivity index is 0.910. The van der Waals surface area contributed by atoms with E-state index in [1.165, 1.54) is 38.5 Å². The number of ether oxygens (including phenoxy) is 1. The van der Waals surface area contributed by atoms with Crippen LogP contribution in [0.1, 0.15) is 26.3 Å². The van der Waals surface area contributed by atoms with E-state index in [0.717, 1.165) is 68.3 Å². The highest BCUT2D eigenvalue weighted by molar-refractivity contribution is 6.11. The maximum Gasteiger partial charge on any atom is 0.137 e. The molecule has 2 aliphatic heterocycles. The zero-order valence-corrected chi connectivity index (χ0v) is 36.0. The number of aromatic nitrogens is 2. The molecule has 0 saturated carbocycles. The number of para-hydroxylation sites is 5. The third-order valence-electron chi connectivity index (χ3n) is 12.8.